The van der Waals surface area contributed by atoms with E-state index in [1.807, 2.05) is 0 Å². The first-order valence-electron chi connectivity index (χ1n) is 8.63. The van der Waals surface area contributed by atoms with E-state index in [1.165, 1.54) is 26.5 Å². The van der Waals surface area contributed by atoms with Crippen LogP contribution in [0.4, 0.5) is 0 Å². The van der Waals surface area contributed by atoms with Crippen LogP contribution in [0.5, 0.6) is 17.9 Å². The fourth-order valence-corrected chi connectivity index (χ4v) is 2.55. The molecule has 0 aliphatic carbocycles. The van der Waals surface area contributed by atoms with E-state index in [0.717, 1.165) is 0 Å². The van der Waals surface area contributed by atoms with Gasteiger partial charge in [-0.1, -0.05) is 0 Å². The molecular weight excluding hydrogens is 366 g/mol. The largest absolute Gasteiger partial charge is 0.480 e. The molecule has 3 rings (SSSR count). The number of hydrogen-bond donors (Lipinski definition) is 0. The zero-order valence-electron chi connectivity index (χ0n) is 15.6. The monoisotopic (exact) mass is 387 g/mol. The molecule has 0 radical (unpaired) electrons. The zero-order chi connectivity index (χ0) is 19.8. The highest BCUT2D eigenvalue weighted by Crippen LogP contribution is 2.18. The Labute approximate surface area is 162 Å². The van der Waals surface area contributed by atoms with Crippen LogP contribution in [-0.4, -0.2) is 77.4 Å². The molecule has 1 unspecified atom stereocenters. The molecule has 2 aromatic heterocycles. The van der Waals surface area contributed by atoms with Crippen molar-refractivity contribution in [3.63, 3.8) is 0 Å². The van der Waals surface area contributed by atoms with Gasteiger partial charge in [-0.3, -0.25) is 4.79 Å². The Bertz CT molecular complexity index is 817. The second-order valence-electron chi connectivity index (χ2n) is 5.77. The van der Waals surface area contributed by atoms with Gasteiger partial charge in [-0.05, 0) is 12.1 Å². The molecule has 2 aromatic rings. The minimum absolute atomic E-state index is 0.151. The molecule has 1 saturated heterocycles. The normalized spacial score (nSPS) is 16.8. The quantitative estimate of drug-likeness (QED) is 0.631. The molecular formula is C18H21N5O5. The SMILES string of the molecule is COc1ncc(/C=C/C(=O)N2CCOC(COc3ncccn3)C2)c(OC)n1. The maximum atomic E-state index is 12.5. The number of amides is 1. The van der Waals surface area contributed by atoms with Crippen LogP contribution in [0.2, 0.25) is 0 Å². The molecule has 10 nitrogen and oxygen atoms in total. The molecule has 3 heterocycles. The van der Waals surface area contributed by atoms with Gasteiger partial charge in [0.25, 0.3) is 0 Å². The number of ether oxygens (including phenoxy) is 4. The van der Waals surface area contributed by atoms with E-state index in [0.29, 0.717) is 31.1 Å². The van der Waals surface area contributed by atoms with Crippen LogP contribution < -0.4 is 14.2 Å². The molecule has 1 atom stereocenters. The van der Waals surface area contributed by atoms with Crippen molar-refractivity contribution in [2.24, 2.45) is 0 Å². The number of methoxy groups -OCH3 is 2. The van der Waals surface area contributed by atoms with Crippen molar-refractivity contribution in [1.29, 1.82) is 0 Å². The maximum absolute atomic E-state index is 12.5. The van der Waals surface area contributed by atoms with Crippen molar-refractivity contribution in [3.8, 4) is 17.9 Å². The predicted molar refractivity (Wildman–Crippen MR) is 98.0 cm³/mol. The van der Waals surface area contributed by atoms with E-state index in [1.54, 1.807) is 29.4 Å². The second kappa shape index (κ2) is 9.60. The first-order chi connectivity index (χ1) is 13.7. The maximum Gasteiger partial charge on any atom is 0.319 e. The summed E-state index contributed by atoms with van der Waals surface area (Å²) < 4.78 is 21.3. The van der Waals surface area contributed by atoms with Gasteiger partial charge in [-0.15, -0.1) is 0 Å². The van der Waals surface area contributed by atoms with Crippen molar-refractivity contribution < 1.29 is 23.7 Å². The third-order valence-electron chi connectivity index (χ3n) is 3.93. The molecule has 0 spiro atoms. The average molecular weight is 387 g/mol. The summed E-state index contributed by atoms with van der Waals surface area (Å²) in [6.45, 7) is 1.60. The van der Waals surface area contributed by atoms with Crippen LogP contribution in [-0.2, 0) is 9.53 Å². The Balaban J connectivity index is 1.57. The molecule has 0 aromatic carbocycles. The molecule has 148 valence electrons. The van der Waals surface area contributed by atoms with Crippen molar-refractivity contribution >= 4 is 12.0 Å². The third-order valence-corrected chi connectivity index (χ3v) is 3.93. The summed E-state index contributed by atoms with van der Waals surface area (Å²) in [4.78, 5) is 30.3. The second-order valence-corrected chi connectivity index (χ2v) is 5.77. The first-order valence-corrected chi connectivity index (χ1v) is 8.63. The van der Waals surface area contributed by atoms with Crippen LogP contribution >= 0.6 is 0 Å². The number of hydrogen-bond acceptors (Lipinski definition) is 9. The van der Waals surface area contributed by atoms with E-state index < -0.39 is 0 Å². The molecule has 28 heavy (non-hydrogen) atoms. The number of rotatable bonds is 7. The Hall–Kier alpha value is -3.27. The molecule has 1 amide bonds. The van der Waals surface area contributed by atoms with Gasteiger partial charge in [0, 0.05) is 31.2 Å². The summed E-state index contributed by atoms with van der Waals surface area (Å²) in [6, 6.07) is 2.18. The summed E-state index contributed by atoms with van der Waals surface area (Å²) in [7, 11) is 2.96. The Morgan fingerprint density at radius 3 is 2.82 bits per heavy atom. The number of nitrogens with zero attached hydrogens (tertiary/aromatic N) is 5. The highest BCUT2D eigenvalue weighted by molar-refractivity contribution is 5.92. The third kappa shape index (κ3) is 5.13. The summed E-state index contributed by atoms with van der Waals surface area (Å²) in [5.74, 6) is 0.175. The van der Waals surface area contributed by atoms with Gasteiger partial charge in [0.05, 0.1) is 32.9 Å². The van der Waals surface area contributed by atoms with E-state index >= 15 is 0 Å². The highest BCUT2D eigenvalue weighted by atomic mass is 16.5. The van der Waals surface area contributed by atoms with Crippen LogP contribution in [0.25, 0.3) is 6.08 Å². The minimum atomic E-state index is -0.256. The lowest BCUT2D eigenvalue weighted by Gasteiger charge is -2.32. The van der Waals surface area contributed by atoms with Gasteiger partial charge in [-0.25, -0.2) is 15.0 Å². The van der Waals surface area contributed by atoms with Crippen LogP contribution in [0.1, 0.15) is 5.56 Å². The molecule has 0 bridgehead atoms. The Kier molecular flexibility index (Phi) is 6.68. The molecule has 0 saturated carbocycles. The fourth-order valence-electron chi connectivity index (χ4n) is 2.55. The first kappa shape index (κ1) is 19.5. The van der Waals surface area contributed by atoms with Gasteiger partial charge in [-0.2, -0.15) is 4.98 Å². The van der Waals surface area contributed by atoms with Crippen molar-refractivity contribution in [2.45, 2.75) is 6.10 Å². The lowest BCUT2D eigenvalue weighted by atomic mass is 10.2. The molecule has 10 heteroatoms. The van der Waals surface area contributed by atoms with Gasteiger partial charge < -0.3 is 23.8 Å². The highest BCUT2D eigenvalue weighted by Gasteiger charge is 2.24. The summed E-state index contributed by atoms with van der Waals surface area (Å²) >= 11 is 0. The van der Waals surface area contributed by atoms with Gasteiger partial charge in [0.15, 0.2) is 0 Å². The zero-order valence-corrected chi connectivity index (χ0v) is 15.6. The molecule has 1 aliphatic heterocycles. The Morgan fingerprint density at radius 2 is 2.07 bits per heavy atom. The summed E-state index contributed by atoms with van der Waals surface area (Å²) in [5, 5.41) is 0. The number of aromatic nitrogens is 4. The molecule has 1 fully saturated rings. The number of carbonyl (C=O) groups is 1. The lowest BCUT2D eigenvalue weighted by molar-refractivity contribution is -0.134. The minimum Gasteiger partial charge on any atom is -0.480 e. The van der Waals surface area contributed by atoms with Crippen molar-refractivity contribution in [1.82, 2.24) is 24.8 Å². The van der Waals surface area contributed by atoms with Crippen LogP contribution in [0, 0.1) is 0 Å². The topological polar surface area (TPSA) is 109 Å². The van der Waals surface area contributed by atoms with Crippen LogP contribution in [0.3, 0.4) is 0 Å². The van der Waals surface area contributed by atoms with Crippen LogP contribution in [0.15, 0.2) is 30.7 Å². The smallest absolute Gasteiger partial charge is 0.319 e. The fraction of sp³-hybridized carbons (Fsp3) is 0.389. The standard InChI is InChI=1S/C18H21N5O5/c1-25-16-13(10-21-18(22-16)26-2)4-5-15(24)23-8-9-27-14(11-23)12-28-17-19-6-3-7-20-17/h3-7,10,14H,8-9,11-12H2,1-2H3/b5-4+. The van der Waals surface area contributed by atoms with Crippen molar-refractivity contribution in [3.05, 3.63) is 36.3 Å². The Morgan fingerprint density at radius 1 is 1.25 bits per heavy atom. The molecule has 0 N–H and O–H groups in total. The average Bonchev–Trinajstić information content (AvgIpc) is 2.76. The lowest BCUT2D eigenvalue weighted by Crippen LogP contribution is -2.47. The van der Waals surface area contributed by atoms with Gasteiger partial charge in [0.1, 0.15) is 12.7 Å². The summed E-state index contributed by atoms with van der Waals surface area (Å²) in [6.07, 6.45) is 7.54. The summed E-state index contributed by atoms with van der Waals surface area (Å²) in [5.41, 5.74) is 0.575. The van der Waals surface area contributed by atoms with E-state index in [9.17, 15) is 4.79 Å². The van der Waals surface area contributed by atoms with E-state index in [4.69, 9.17) is 18.9 Å². The van der Waals surface area contributed by atoms with E-state index in [-0.39, 0.29) is 30.6 Å². The van der Waals surface area contributed by atoms with E-state index in [2.05, 4.69) is 19.9 Å². The van der Waals surface area contributed by atoms with Gasteiger partial charge >= 0.3 is 12.0 Å². The predicted octanol–water partition coefficient (Wildman–Crippen LogP) is 0.603. The van der Waals surface area contributed by atoms with Crippen molar-refractivity contribution in [2.75, 3.05) is 40.5 Å². The molecule has 1 aliphatic rings. The number of morpholine rings is 1. The van der Waals surface area contributed by atoms with Gasteiger partial charge in [0.2, 0.25) is 11.8 Å². The number of carbonyl (C=O) groups excluding carboxylic acids is 1.